The van der Waals surface area contributed by atoms with Crippen LogP contribution in [-0.4, -0.2) is 12.7 Å². The first-order valence-electron chi connectivity index (χ1n) is 1.53. The molecule has 0 radical (unpaired) electrons. The molecule has 0 amide bonds. The van der Waals surface area contributed by atoms with Crippen molar-refractivity contribution in [3.05, 3.63) is 0 Å². The molecule has 6 heteroatoms. The van der Waals surface area contributed by atoms with E-state index in [1.54, 1.807) is 0 Å². The smallest absolute Gasteiger partial charge is 0.185 e. The third kappa shape index (κ3) is 2.75. The Morgan fingerprint density at radius 1 is 1.25 bits per heavy atom. The Kier molecular flexibility index (Phi) is 2.70. The lowest BCUT2D eigenvalue weighted by molar-refractivity contribution is -0.384. The Bertz CT molecular complexity index is 65.1. The van der Waals surface area contributed by atoms with E-state index in [1.807, 2.05) is 4.94 Å². The zero-order valence-corrected chi connectivity index (χ0v) is 3.54. The van der Waals surface area contributed by atoms with E-state index >= 15 is 0 Å². The molecule has 0 rings (SSSR count). The zero-order chi connectivity index (χ0) is 6.62. The summed E-state index contributed by atoms with van der Waals surface area (Å²) < 4.78 is 43.3. The van der Waals surface area contributed by atoms with Gasteiger partial charge in [0.15, 0.2) is 6.61 Å². The average molecular weight is 134 g/mol. The van der Waals surface area contributed by atoms with Gasteiger partial charge < -0.3 is 0 Å². The second-order valence-corrected chi connectivity index (χ2v) is 0.968. The topological polar surface area (TPSA) is 18.5 Å². The van der Waals surface area contributed by atoms with Gasteiger partial charge in [0.2, 0.25) is 0 Å². The Labute approximate surface area is 41.8 Å². The van der Waals surface area contributed by atoms with Crippen LogP contribution in [0, 0.1) is 0 Å². The molecule has 0 aliphatic carbocycles. The van der Waals surface area contributed by atoms with Crippen molar-refractivity contribution in [2.24, 2.45) is 0 Å². The fourth-order valence-electron chi connectivity index (χ4n) is 0.0858. The van der Waals surface area contributed by atoms with E-state index in [9.17, 15) is 17.8 Å². The Morgan fingerprint density at radius 3 is 1.88 bits per heavy atom. The molecule has 0 atom stereocenters. The summed E-state index contributed by atoms with van der Waals surface area (Å²) in [5.74, 6) is 0. The molecule has 0 aromatic carbocycles. The molecule has 0 aliphatic rings. The van der Waals surface area contributed by atoms with E-state index in [4.69, 9.17) is 0 Å². The molecule has 0 spiro atoms. The van der Waals surface area contributed by atoms with E-state index in [1.165, 1.54) is 0 Å². The minimum Gasteiger partial charge on any atom is -0.185 e. The molecule has 0 bridgehead atoms. The van der Waals surface area contributed by atoms with Crippen LogP contribution in [0.3, 0.4) is 0 Å². The predicted molar refractivity (Wildman–Crippen MR) is 14.2 cm³/mol. The summed E-state index contributed by atoms with van der Waals surface area (Å²) in [5, 5.41) is 0. The van der Waals surface area contributed by atoms with Gasteiger partial charge in [0.1, 0.15) is 0 Å². The van der Waals surface area contributed by atoms with Crippen molar-refractivity contribution in [1.29, 1.82) is 0 Å². The zero-order valence-electron chi connectivity index (χ0n) is 3.54. The highest BCUT2D eigenvalue weighted by atomic mass is 19.4. The summed E-state index contributed by atoms with van der Waals surface area (Å²) in [6.07, 6.45) is -4.17. The second kappa shape index (κ2) is 2.83. The molecule has 0 heterocycles. The molecule has 8 heavy (non-hydrogen) atoms. The largest absolute Gasteiger partial charge is 0.412 e. The third-order valence-corrected chi connectivity index (χ3v) is 0.335. The molecule has 0 aromatic heterocycles. The van der Waals surface area contributed by atoms with Crippen molar-refractivity contribution >= 4 is 0 Å². The third-order valence-electron chi connectivity index (χ3n) is 0.335. The summed E-state index contributed by atoms with van der Waals surface area (Å²) >= 11 is 0. The first-order valence-corrected chi connectivity index (χ1v) is 1.53. The lowest BCUT2D eigenvalue weighted by Crippen LogP contribution is -2.22. The van der Waals surface area contributed by atoms with Crippen LogP contribution in [0.4, 0.5) is 17.8 Å². The highest BCUT2D eigenvalue weighted by Gasteiger charge is 2.32. The Balaban J connectivity index is 3.37. The SMILES string of the molecule is FOCC(F)(F)OF. The highest BCUT2D eigenvalue weighted by molar-refractivity contribution is 4.42. The van der Waals surface area contributed by atoms with Crippen LogP contribution in [0.1, 0.15) is 0 Å². The number of rotatable bonds is 3. The van der Waals surface area contributed by atoms with Crippen molar-refractivity contribution < 1.29 is 27.7 Å². The van der Waals surface area contributed by atoms with Gasteiger partial charge in [-0.1, -0.05) is 0 Å². The molecule has 0 aliphatic heterocycles. The van der Waals surface area contributed by atoms with Gasteiger partial charge in [0, 0.05) is 0 Å². The molecule has 0 saturated carbocycles. The van der Waals surface area contributed by atoms with Crippen molar-refractivity contribution in [1.82, 2.24) is 0 Å². The number of halogens is 4. The van der Waals surface area contributed by atoms with Crippen molar-refractivity contribution in [3.8, 4) is 0 Å². The highest BCUT2D eigenvalue weighted by Crippen LogP contribution is 2.15. The maximum atomic E-state index is 11.2. The van der Waals surface area contributed by atoms with Crippen LogP contribution in [0.2, 0.25) is 0 Å². The van der Waals surface area contributed by atoms with Gasteiger partial charge in [-0.15, -0.1) is 4.94 Å². The average Bonchev–Trinajstić information content (AvgIpc) is 1.67. The minimum absolute atomic E-state index is 1.73. The van der Waals surface area contributed by atoms with Gasteiger partial charge in [-0.05, 0) is 9.05 Å². The minimum atomic E-state index is -4.17. The monoisotopic (exact) mass is 134 g/mol. The van der Waals surface area contributed by atoms with Gasteiger partial charge in [-0.25, -0.2) is 0 Å². The van der Waals surface area contributed by atoms with Crippen LogP contribution in [0.25, 0.3) is 0 Å². The number of hydrogen-bond donors (Lipinski definition) is 0. The summed E-state index contributed by atoms with van der Waals surface area (Å²) in [6, 6.07) is 0. The van der Waals surface area contributed by atoms with Gasteiger partial charge >= 0.3 is 6.11 Å². The van der Waals surface area contributed by atoms with Crippen LogP contribution in [-0.2, 0) is 9.88 Å². The first kappa shape index (κ1) is 7.64. The van der Waals surface area contributed by atoms with Crippen LogP contribution < -0.4 is 0 Å². The van der Waals surface area contributed by atoms with E-state index < -0.39 is 12.7 Å². The quantitative estimate of drug-likeness (QED) is 0.543. The number of hydrogen-bond acceptors (Lipinski definition) is 2. The molecule has 0 fully saturated rings. The molecule has 0 saturated heterocycles. The number of alkyl halides is 2. The first-order chi connectivity index (χ1) is 3.62. The van der Waals surface area contributed by atoms with Crippen molar-refractivity contribution in [3.63, 3.8) is 0 Å². The summed E-state index contributed by atoms with van der Waals surface area (Å²) in [4.78, 5) is 4.36. The molecule has 50 valence electrons. The van der Waals surface area contributed by atoms with Crippen molar-refractivity contribution in [2.45, 2.75) is 6.11 Å². The van der Waals surface area contributed by atoms with Crippen LogP contribution in [0.5, 0.6) is 0 Å². The maximum absolute atomic E-state index is 11.2. The van der Waals surface area contributed by atoms with Crippen molar-refractivity contribution in [2.75, 3.05) is 6.61 Å². The lowest BCUT2D eigenvalue weighted by Gasteiger charge is -2.04. The molecule has 0 N–H and O–H groups in total. The fourth-order valence-corrected chi connectivity index (χ4v) is 0.0858. The Hall–Kier alpha value is -0.360. The van der Waals surface area contributed by atoms with Crippen LogP contribution >= 0.6 is 0 Å². The summed E-state index contributed by atoms with van der Waals surface area (Å²) in [5.41, 5.74) is 0. The van der Waals surface area contributed by atoms with E-state index in [-0.39, 0.29) is 0 Å². The predicted octanol–water partition coefficient (Wildman–Crippen LogP) is 1.38. The fraction of sp³-hybridized carbons (Fsp3) is 1.00. The van der Waals surface area contributed by atoms with Gasteiger partial charge in [0.05, 0.1) is 0 Å². The summed E-state index contributed by atoms with van der Waals surface area (Å²) in [7, 11) is 0. The lowest BCUT2D eigenvalue weighted by atomic mass is 10.7. The Morgan fingerprint density at radius 2 is 1.75 bits per heavy atom. The molecular formula is C2H2F4O2. The van der Waals surface area contributed by atoms with E-state index in [0.29, 0.717) is 0 Å². The molecule has 2 nitrogen and oxygen atoms in total. The standard InChI is InChI=1S/C2H2F4O2/c3-2(4,8-6)1-7-5/h1H2. The molecular weight excluding hydrogens is 132 g/mol. The van der Waals surface area contributed by atoms with Gasteiger partial charge in [-0.3, -0.25) is 0 Å². The normalized spacial score (nSPS) is 12.0. The molecule has 0 unspecified atom stereocenters. The van der Waals surface area contributed by atoms with E-state index in [0.717, 1.165) is 0 Å². The van der Waals surface area contributed by atoms with Gasteiger partial charge in [0.25, 0.3) is 0 Å². The maximum Gasteiger partial charge on any atom is 0.412 e. The van der Waals surface area contributed by atoms with Crippen LogP contribution in [0.15, 0.2) is 0 Å². The van der Waals surface area contributed by atoms with Gasteiger partial charge in [-0.2, -0.15) is 13.7 Å². The second-order valence-electron chi connectivity index (χ2n) is 0.968. The summed E-state index contributed by atoms with van der Waals surface area (Å²) in [6.45, 7) is -1.73. The molecule has 0 aromatic rings. The van der Waals surface area contributed by atoms with E-state index in [2.05, 4.69) is 4.94 Å².